The van der Waals surface area contributed by atoms with Crippen LogP contribution in [0.5, 0.6) is 34.5 Å². The Hall–Kier alpha value is -10.1. The number of carboxylic acid groups (broad SMARTS) is 1. The van der Waals surface area contributed by atoms with E-state index in [4.69, 9.17) is 41.0 Å². The van der Waals surface area contributed by atoms with Crippen molar-refractivity contribution in [1.29, 1.82) is 5.26 Å². The fraction of sp³-hybridized carbons (Fsp3) is 0.214. The molecule has 38 heteroatoms. The standard InChI is InChI=1S/C10H5F9O.C9H6F5NO2.C9H6F3N.C7H5F3O.C7H6O3.C6H6O2.C6H6O.C2F6/c11-8(12,13)7(9(14,15)16,10(17,18)19)5-1-3-6(20)4-2-5;10-8(11,9(12,13)14)5-6-1-3-7(4-2-6)15(16)17;10-9(11,12)5-7-1-3-8(6-13)4-2-7;8-7(9,10)5-1-3-6(11)4-2-5;8-6-3-1-5(2-4-6)7(9)10;7-5-2-1-3-6(8)4-5;7-6-4-2-1-3-5-6;3-1(4,5)2(6,7)8/h1-4,20H;1-4H,5H2;1-4H,5H2;1-4,11H;1-4,8H,(H,9,10);1-4,7-8H;1-5,7H;. The molecule has 0 saturated carbocycles. The molecule has 94 heavy (non-hydrogen) atoms. The smallest absolute Gasteiger partial charge is 0.487 e. The summed E-state index contributed by atoms with van der Waals surface area (Å²) in [4.78, 5) is 19.7. The first-order chi connectivity index (χ1) is 42.5. The number of benzene rings is 7. The Labute approximate surface area is 509 Å². The first-order valence-corrected chi connectivity index (χ1v) is 24.0. The lowest BCUT2D eigenvalue weighted by atomic mass is 9.78. The van der Waals surface area contributed by atoms with Crippen LogP contribution >= 0.6 is 0 Å². The molecule has 0 aliphatic carbocycles. The molecule has 7 N–H and O–H groups in total. The van der Waals surface area contributed by atoms with Crippen molar-refractivity contribution >= 4 is 11.7 Å². The summed E-state index contributed by atoms with van der Waals surface area (Å²) in [5.41, 5.74) is -8.81. The van der Waals surface area contributed by atoms with Gasteiger partial charge >= 0.3 is 61.3 Å². The molecule has 7 aromatic rings. The summed E-state index contributed by atoms with van der Waals surface area (Å²) in [6.45, 7) is 0. The number of carboxylic acids is 1. The van der Waals surface area contributed by atoms with E-state index >= 15 is 0 Å². The topological polar surface area (TPSA) is 226 Å². The molecule has 0 atom stereocenters. The zero-order valence-electron chi connectivity index (χ0n) is 45.7. The fourth-order valence-electron chi connectivity index (χ4n) is 5.88. The van der Waals surface area contributed by atoms with E-state index in [9.17, 15) is 129 Å². The summed E-state index contributed by atoms with van der Waals surface area (Å²) >= 11 is 0. The monoisotopic (exact) mass is 1390 g/mol. The summed E-state index contributed by atoms with van der Waals surface area (Å²) in [5, 5.41) is 79.1. The Morgan fingerprint density at radius 3 is 0.989 bits per heavy atom. The average Bonchev–Trinajstić information content (AvgIpc) is 0.712. The lowest BCUT2D eigenvalue weighted by Crippen LogP contribution is -2.63. The number of nitro benzene ring substituents is 1. The van der Waals surface area contributed by atoms with Crippen molar-refractivity contribution in [1.82, 2.24) is 0 Å². The first kappa shape index (κ1) is 83.9. The van der Waals surface area contributed by atoms with E-state index in [0.29, 0.717) is 23.4 Å². The highest BCUT2D eigenvalue weighted by atomic mass is 19.5. The second-order valence-corrected chi connectivity index (χ2v) is 17.4. The maximum atomic E-state index is 12.7. The van der Waals surface area contributed by atoms with Gasteiger partial charge in [-0.3, -0.25) is 10.1 Å². The molecule has 0 saturated heterocycles. The number of nitriles is 1. The SMILES string of the molecule is FC(F)(F)C(F)(F)F.N#Cc1ccc(CC(F)(F)F)cc1.O=C(O)c1ccc(O)cc1.O=[N+]([O-])c1ccc(CC(F)(F)C(F)(F)F)cc1.Oc1ccc(C(C(F)(F)F)(C(F)(F)F)C(F)(F)F)cc1.Oc1ccc(C(F)(F)F)cc1.Oc1cccc(O)c1.Oc1ccccc1. The number of nitro groups is 1. The van der Waals surface area contributed by atoms with E-state index in [1.807, 2.05) is 12.1 Å². The Morgan fingerprint density at radius 1 is 0.394 bits per heavy atom. The average molecular weight is 1390 g/mol. The zero-order chi connectivity index (χ0) is 73.3. The molecule has 0 radical (unpaired) electrons. The van der Waals surface area contributed by atoms with Gasteiger partial charge in [0.2, 0.25) is 0 Å². The van der Waals surface area contributed by atoms with Crippen LogP contribution in [0.15, 0.2) is 176 Å². The molecule has 0 unspecified atom stereocenters. The minimum Gasteiger partial charge on any atom is -0.508 e. The van der Waals surface area contributed by atoms with Crippen LogP contribution in [-0.4, -0.2) is 95.8 Å². The van der Waals surface area contributed by atoms with Crippen LogP contribution in [0.1, 0.15) is 38.2 Å². The third kappa shape index (κ3) is 29.4. The summed E-state index contributed by atoms with van der Waals surface area (Å²) in [7, 11) is 0. The number of hydrogen-bond donors (Lipinski definition) is 7. The van der Waals surface area contributed by atoms with Gasteiger partial charge in [-0.25, -0.2) is 4.79 Å². The Morgan fingerprint density at radius 2 is 0.723 bits per heavy atom. The van der Waals surface area contributed by atoms with E-state index in [1.165, 1.54) is 66.7 Å². The molecule has 7 rings (SSSR count). The number of hydrogen-bond acceptors (Lipinski definition) is 10. The second-order valence-electron chi connectivity index (χ2n) is 17.4. The number of phenols is 6. The fourth-order valence-corrected chi connectivity index (χ4v) is 5.88. The molecule has 0 aromatic heterocycles. The minimum atomic E-state index is -6.65. The van der Waals surface area contributed by atoms with Gasteiger partial charge in [-0.1, -0.05) is 60.7 Å². The quantitative estimate of drug-likeness (QED) is 0.0471. The minimum absolute atomic E-state index is 0.0657. The van der Waals surface area contributed by atoms with Crippen molar-refractivity contribution in [3.8, 4) is 40.6 Å². The number of aromatic hydroxyl groups is 6. The highest BCUT2D eigenvalue weighted by Crippen LogP contribution is 2.60. The van der Waals surface area contributed by atoms with E-state index < -0.39 is 101 Å². The number of halogens is 26. The lowest BCUT2D eigenvalue weighted by molar-refractivity contribution is -0.387. The molecule has 12 nitrogen and oxygen atoms in total. The van der Waals surface area contributed by atoms with Crippen molar-refractivity contribution in [2.75, 3.05) is 0 Å². The van der Waals surface area contributed by atoms with Gasteiger partial charge in [0.15, 0.2) is 0 Å². The largest absolute Gasteiger partial charge is 0.508 e. The van der Waals surface area contributed by atoms with Gasteiger partial charge in [0.1, 0.15) is 34.5 Å². The second kappa shape index (κ2) is 34.5. The van der Waals surface area contributed by atoms with Crippen LogP contribution in [0.4, 0.5) is 120 Å². The van der Waals surface area contributed by atoms with Gasteiger partial charge in [-0.2, -0.15) is 119 Å². The molecular weight excluding hydrogens is 1350 g/mol. The Kier molecular flexibility index (Phi) is 30.8. The van der Waals surface area contributed by atoms with Crippen molar-refractivity contribution in [3.05, 3.63) is 219 Å². The van der Waals surface area contributed by atoms with Crippen LogP contribution in [0.25, 0.3) is 0 Å². The van der Waals surface area contributed by atoms with Crippen molar-refractivity contribution in [2.45, 2.75) is 73.6 Å². The van der Waals surface area contributed by atoms with Gasteiger partial charge in [-0.05, 0) is 114 Å². The highest BCUT2D eigenvalue weighted by molar-refractivity contribution is 5.87. The van der Waals surface area contributed by atoms with Gasteiger partial charge < -0.3 is 35.7 Å². The number of nitrogens with zero attached hydrogens (tertiary/aromatic N) is 2. The molecule has 0 aliphatic heterocycles. The summed E-state index contributed by atoms with van der Waals surface area (Å²) in [6, 6.07) is 34.8. The molecular formula is C56H40F26N2O10. The van der Waals surface area contributed by atoms with Crippen LogP contribution in [-0.2, 0) is 24.4 Å². The first-order valence-electron chi connectivity index (χ1n) is 24.0. The summed E-state index contributed by atoms with van der Waals surface area (Å²) in [6.07, 6.45) is -48.7. The van der Waals surface area contributed by atoms with E-state index in [1.54, 1.807) is 30.3 Å². The zero-order valence-corrected chi connectivity index (χ0v) is 45.7. The van der Waals surface area contributed by atoms with Gasteiger partial charge in [0.05, 0.1) is 34.1 Å². The number of para-hydroxylation sites is 1. The molecule has 0 heterocycles. The maximum absolute atomic E-state index is 12.7. The molecule has 0 amide bonds. The molecule has 7 aromatic carbocycles. The number of rotatable bonds is 6. The number of alkyl halides is 26. The van der Waals surface area contributed by atoms with Crippen molar-refractivity contribution < 1.29 is 160 Å². The molecule has 0 spiro atoms. The Balaban J connectivity index is 0.00000108. The number of aromatic carboxylic acids is 1. The normalized spacial score (nSPS) is 11.8. The van der Waals surface area contributed by atoms with Gasteiger partial charge in [0, 0.05) is 24.6 Å². The van der Waals surface area contributed by atoms with Crippen LogP contribution < -0.4 is 0 Å². The van der Waals surface area contributed by atoms with Gasteiger partial charge in [-0.15, -0.1) is 0 Å². The predicted octanol–water partition coefficient (Wildman–Crippen LogP) is 18.4. The number of carbonyl (C=O) groups is 1. The van der Waals surface area contributed by atoms with Crippen LogP contribution in [0.3, 0.4) is 0 Å². The number of phenolic OH excluding ortho intramolecular Hbond substituents is 6. The Bertz CT molecular complexity index is 3350. The van der Waals surface area contributed by atoms with E-state index in [2.05, 4.69) is 0 Å². The predicted molar refractivity (Wildman–Crippen MR) is 275 cm³/mol. The van der Waals surface area contributed by atoms with Crippen molar-refractivity contribution in [2.24, 2.45) is 0 Å². The molecule has 0 fully saturated rings. The molecule has 0 aliphatic rings. The third-order valence-corrected chi connectivity index (χ3v) is 10.3. The summed E-state index contributed by atoms with van der Waals surface area (Å²) < 4.78 is 308. The number of non-ortho nitro benzene ring substituents is 1. The van der Waals surface area contributed by atoms with Crippen LogP contribution in [0.2, 0.25) is 0 Å². The van der Waals surface area contributed by atoms with Crippen LogP contribution in [0, 0.1) is 21.4 Å². The van der Waals surface area contributed by atoms with E-state index in [-0.39, 0.29) is 57.5 Å². The molecule has 516 valence electrons. The summed E-state index contributed by atoms with van der Waals surface area (Å²) in [5.74, 6) is -6.20. The van der Waals surface area contributed by atoms with E-state index in [0.717, 1.165) is 48.5 Å². The highest BCUT2D eigenvalue weighted by Gasteiger charge is 2.84. The van der Waals surface area contributed by atoms with Gasteiger partial charge in [0.25, 0.3) is 11.1 Å². The third-order valence-electron chi connectivity index (χ3n) is 10.3. The lowest BCUT2D eigenvalue weighted by Gasteiger charge is -2.38. The maximum Gasteiger partial charge on any atom is 0.487 e. The molecule has 0 bridgehead atoms. The van der Waals surface area contributed by atoms with Crippen molar-refractivity contribution in [3.63, 3.8) is 0 Å².